The van der Waals surface area contributed by atoms with Crippen molar-refractivity contribution in [2.24, 2.45) is 0 Å². The van der Waals surface area contributed by atoms with Gasteiger partial charge in [-0.3, -0.25) is 0 Å². The Kier molecular flexibility index (Phi) is 4.06. The van der Waals surface area contributed by atoms with Crippen LogP contribution in [0.4, 0.5) is 0 Å². The van der Waals surface area contributed by atoms with E-state index in [-0.39, 0.29) is 0 Å². The fourth-order valence-corrected chi connectivity index (χ4v) is 2.56. The van der Waals surface area contributed by atoms with Crippen LogP contribution in [0.5, 0.6) is 5.75 Å². The Hall–Kier alpha value is -1.02. The van der Waals surface area contributed by atoms with Crippen LogP contribution in [0.15, 0.2) is 12.1 Å². The fraction of sp³-hybridized carbons (Fsp3) is 0.600. The molecule has 1 aliphatic carbocycles. The van der Waals surface area contributed by atoms with E-state index in [0.717, 1.165) is 12.3 Å². The first-order valence-electron chi connectivity index (χ1n) is 6.58. The Labute approximate surface area is 104 Å². The largest absolute Gasteiger partial charge is 0.496 e. The SMILES string of the molecule is COc1cc(C)c(C)cc1CNC1CCCC1. The van der Waals surface area contributed by atoms with Gasteiger partial charge in [-0.05, 0) is 43.9 Å². The molecule has 0 atom stereocenters. The molecule has 2 rings (SSSR count). The summed E-state index contributed by atoms with van der Waals surface area (Å²) < 4.78 is 5.46. The van der Waals surface area contributed by atoms with E-state index in [4.69, 9.17) is 4.74 Å². The molecule has 1 fully saturated rings. The number of hydrogen-bond donors (Lipinski definition) is 1. The van der Waals surface area contributed by atoms with Crippen LogP contribution in [0.2, 0.25) is 0 Å². The van der Waals surface area contributed by atoms with Crippen molar-refractivity contribution >= 4 is 0 Å². The summed E-state index contributed by atoms with van der Waals surface area (Å²) in [5.74, 6) is 1.01. The normalized spacial score (nSPS) is 16.4. The number of hydrogen-bond acceptors (Lipinski definition) is 2. The highest BCUT2D eigenvalue weighted by Crippen LogP contribution is 2.24. The molecule has 0 heterocycles. The molecule has 0 bridgehead atoms. The van der Waals surface area contributed by atoms with E-state index in [1.54, 1.807) is 7.11 Å². The first kappa shape index (κ1) is 12.4. The molecular formula is C15H23NO. The van der Waals surface area contributed by atoms with Crippen molar-refractivity contribution < 1.29 is 4.74 Å². The second kappa shape index (κ2) is 5.54. The standard InChI is InChI=1S/C15H23NO/c1-11-8-13(15(17-3)9-12(11)2)10-16-14-6-4-5-7-14/h8-9,14,16H,4-7,10H2,1-3H3. The third kappa shape index (κ3) is 3.01. The van der Waals surface area contributed by atoms with E-state index in [0.29, 0.717) is 6.04 Å². The van der Waals surface area contributed by atoms with Crippen LogP contribution in [0, 0.1) is 13.8 Å². The van der Waals surface area contributed by atoms with E-state index < -0.39 is 0 Å². The van der Waals surface area contributed by atoms with Crippen LogP contribution < -0.4 is 10.1 Å². The lowest BCUT2D eigenvalue weighted by Crippen LogP contribution is -2.25. The van der Waals surface area contributed by atoms with Crippen LogP contribution in [-0.2, 0) is 6.54 Å². The Balaban J connectivity index is 2.05. The second-order valence-corrected chi connectivity index (χ2v) is 5.11. The first-order valence-corrected chi connectivity index (χ1v) is 6.58. The van der Waals surface area contributed by atoms with E-state index in [1.165, 1.54) is 42.4 Å². The van der Waals surface area contributed by atoms with Crippen molar-refractivity contribution in [3.8, 4) is 5.75 Å². The lowest BCUT2D eigenvalue weighted by molar-refractivity contribution is 0.404. The Morgan fingerprint density at radius 3 is 2.47 bits per heavy atom. The van der Waals surface area contributed by atoms with Crippen molar-refractivity contribution in [1.82, 2.24) is 5.32 Å². The lowest BCUT2D eigenvalue weighted by Gasteiger charge is -2.15. The molecule has 0 aliphatic heterocycles. The van der Waals surface area contributed by atoms with Crippen molar-refractivity contribution in [3.05, 3.63) is 28.8 Å². The van der Waals surface area contributed by atoms with Crippen molar-refractivity contribution in [2.45, 2.75) is 52.1 Å². The minimum Gasteiger partial charge on any atom is -0.496 e. The maximum absolute atomic E-state index is 5.46. The summed E-state index contributed by atoms with van der Waals surface area (Å²) in [7, 11) is 1.75. The first-order chi connectivity index (χ1) is 8.20. The molecule has 0 saturated heterocycles. The number of nitrogens with one attached hydrogen (secondary N) is 1. The van der Waals surface area contributed by atoms with Gasteiger partial charge in [0.15, 0.2) is 0 Å². The highest BCUT2D eigenvalue weighted by Gasteiger charge is 2.15. The van der Waals surface area contributed by atoms with Gasteiger partial charge in [0.2, 0.25) is 0 Å². The molecule has 0 radical (unpaired) electrons. The van der Waals surface area contributed by atoms with Crippen molar-refractivity contribution in [1.29, 1.82) is 0 Å². The van der Waals surface area contributed by atoms with Crippen LogP contribution >= 0.6 is 0 Å². The summed E-state index contributed by atoms with van der Waals surface area (Å²) in [6.45, 7) is 5.22. The number of benzene rings is 1. The summed E-state index contributed by atoms with van der Waals surface area (Å²) in [6.07, 6.45) is 5.41. The van der Waals surface area contributed by atoms with Crippen LogP contribution in [0.3, 0.4) is 0 Å². The zero-order valence-electron chi connectivity index (χ0n) is 11.2. The smallest absolute Gasteiger partial charge is 0.123 e. The Bertz CT molecular complexity index is 381. The molecule has 17 heavy (non-hydrogen) atoms. The maximum atomic E-state index is 5.46. The molecule has 2 heteroatoms. The second-order valence-electron chi connectivity index (χ2n) is 5.11. The van der Waals surface area contributed by atoms with Crippen LogP contribution in [-0.4, -0.2) is 13.2 Å². The predicted molar refractivity (Wildman–Crippen MR) is 71.6 cm³/mol. The van der Waals surface area contributed by atoms with Gasteiger partial charge in [0, 0.05) is 18.2 Å². The molecule has 0 amide bonds. The van der Waals surface area contributed by atoms with Gasteiger partial charge in [0.05, 0.1) is 7.11 Å². The minimum atomic E-state index is 0.710. The van der Waals surface area contributed by atoms with Gasteiger partial charge in [-0.1, -0.05) is 18.9 Å². The van der Waals surface area contributed by atoms with Gasteiger partial charge < -0.3 is 10.1 Å². The van der Waals surface area contributed by atoms with E-state index >= 15 is 0 Å². The van der Waals surface area contributed by atoms with Gasteiger partial charge in [-0.15, -0.1) is 0 Å². The van der Waals surface area contributed by atoms with Gasteiger partial charge in [0.1, 0.15) is 5.75 Å². The maximum Gasteiger partial charge on any atom is 0.123 e. The molecule has 94 valence electrons. The molecule has 1 N–H and O–H groups in total. The van der Waals surface area contributed by atoms with E-state index in [9.17, 15) is 0 Å². The number of methoxy groups -OCH3 is 1. The summed E-state index contributed by atoms with van der Waals surface area (Å²) in [5.41, 5.74) is 3.92. The fourth-order valence-electron chi connectivity index (χ4n) is 2.56. The number of ether oxygens (including phenoxy) is 1. The average molecular weight is 233 g/mol. The highest BCUT2D eigenvalue weighted by atomic mass is 16.5. The summed E-state index contributed by atoms with van der Waals surface area (Å²) in [5, 5.41) is 3.64. The average Bonchev–Trinajstić information content (AvgIpc) is 2.83. The zero-order valence-corrected chi connectivity index (χ0v) is 11.2. The van der Waals surface area contributed by atoms with Gasteiger partial charge >= 0.3 is 0 Å². The molecule has 1 saturated carbocycles. The van der Waals surface area contributed by atoms with Gasteiger partial charge in [0.25, 0.3) is 0 Å². The molecule has 0 aromatic heterocycles. The topological polar surface area (TPSA) is 21.3 Å². The third-order valence-corrected chi connectivity index (χ3v) is 3.83. The summed E-state index contributed by atoms with van der Waals surface area (Å²) in [6, 6.07) is 5.10. The highest BCUT2D eigenvalue weighted by molar-refractivity contribution is 5.41. The summed E-state index contributed by atoms with van der Waals surface area (Å²) in [4.78, 5) is 0. The number of aryl methyl sites for hydroxylation is 2. The molecule has 0 spiro atoms. The number of rotatable bonds is 4. The molecule has 2 nitrogen and oxygen atoms in total. The van der Waals surface area contributed by atoms with Gasteiger partial charge in [-0.2, -0.15) is 0 Å². The Morgan fingerprint density at radius 1 is 1.18 bits per heavy atom. The van der Waals surface area contributed by atoms with Gasteiger partial charge in [-0.25, -0.2) is 0 Å². The molecule has 1 aromatic carbocycles. The summed E-state index contributed by atoms with van der Waals surface area (Å²) >= 11 is 0. The third-order valence-electron chi connectivity index (χ3n) is 3.83. The van der Waals surface area contributed by atoms with Crippen molar-refractivity contribution in [2.75, 3.05) is 7.11 Å². The molecule has 1 aromatic rings. The molecule has 0 unspecified atom stereocenters. The quantitative estimate of drug-likeness (QED) is 0.861. The van der Waals surface area contributed by atoms with Crippen LogP contribution in [0.1, 0.15) is 42.4 Å². The molecule has 1 aliphatic rings. The Morgan fingerprint density at radius 2 is 1.82 bits per heavy atom. The van der Waals surface area contributed by atoms with Crippen molar-refractivity contribution in [3.63, 3.8) is 0 Å². The van der Waals surface area contributed by atoms with Crippen LogP contribution in [0.25, 0.3) is 0 Å². The lowest BCUT2D eigenvalue weighted by atomic mass is 10.0. The molecular weight excluding hydrogens is 210 g/mol. The minimum absolute atomic E-state index is 0.710. The zero-order chi connectivity index (χ0) is 12.3. The predicted octanol–water partition coefficient (Wildman–Crippen LogP) is 3.34. The van der Waals surface area contributed by atoms with E-state index in [1.807, 2.05) is 0 Å². The monoisotopic (exact) mass is 233 g/mol. The van der Waals surface area contributed by atoms with E-state index in [2.05, 4.69) is 31.3 Å².